The molecule has 2 aromatic rings. The Morgan fingerprint density at radius 1 is 0.933 bits per heavy atom. The molecule has 1 unspecified atom stereocenters. The van der Waals surface area contributed by atoms with Crippen LogP contribution in [0.1, 0.15) is 41.6 Å². The molecule has 0 aliphatic carbocycles. The van der Waals surface area contributed by atoms with Crippen LogP contribution in [-0.2, 0) is 6.54 Å². The Bertz CT molecular complexity index is 872. The maximum absolute atomic E-state index is 13.1. The fourth-order valence-corrected chi connectivity index (χ4v) is 4.99. The zero-order valence-electron chi connectivity index (χ0n) is 17.9. The van der Waals surface area contributed by atoms with Crippen LogP contribution in [0.25, 0.3) is 0 Å². The zero-order valence-corrected chi connectivity index (χ0v) is 17.9. The van der Waals surface area contributed by atoms with Crippen LogP contribution in [0.2, 0.25) is 0 Å². The smallest absolute Gasteiger partial charge is 0.255 e. The Balaban J connectivity index is 1.45. The third kappa shape index (κ3) is 3.97. The van der Waals surface area contributed by atoms with E-state index >= 15 is 0 Å². The van der Waals surface area contributed by atoms with Crippen molar-refractivity contribution in [3.05, 3.63) is 53.6 Å². The largest absolute Gasteiger partial charge is 0.493 e. The highest BCUT2D eigenvalue weighted by Crippen LogP contribution is 2.40. The van der Waals surface area contributed by atoms with Crippen LogP contribution in [0, 0.1) is 0 Å². The Kier molecular flexibility index (Phi) is 6.13. The second-order valence-corrected chi connectivity index (χ2v) is 8.07. The van der Waals surface area contributed by atoms with E-state index in [4.69, 9.17) is 14.2 Å². The van der Waals surface area contributed by atoms with Crippen LogP contribution in [0.15, 0.2) is 42.5 Å². The van der Waals surface area contributed by atoms with Gasteiger partial charge in [0.25, 0.3) is 5.91 Å². The predicted octanol–water partition coefficient (Wildman–Crippen LogP) is 3.64. The summed E-state index contributed by atoms with van der Waals surface area (Å²) in [7, 11) is 4.65. The Hall–Kier alpha value is -2.73. The summed E-state index contributed by atoms with van der Waals surface area (Å²) in [6.45, 7) is 0.986. The molecule has 2 fully saturated rings. The standard InChI is InChI=1S/C24H30N2O4/c1-28-21-12-11-20(22(29-2)23(21)30-3)24(27)25-17-13-18-9-10-19(14-17)26(18)15-16-7-5-4-6-8-16/h4-8,11-12,17-19H,9-10,13-15H2,1-3H3,(H,25,27)/t17?,18-,19+. The van der Waals surface area contributed by atoms with E-state index in [1.807, 2.05) is 0 Å². The lowest BCUT2D eigenvalue weighted by molar-refractivity contribution is 0.0825. The molecule has 0 saturated carbocycles. The minimum absolute atomic E-state index is 0.131. The number of carbonyl (C=O) groups is 1. The highest BCUT2D eigenvalue weighted by molar-refractivity contribution is 5.98. The van der Waals surface area contributed by atoms with Crippen molar-refractivity contribution in [2.45, 2.75) is 50.4 Å². The zero-order chi connectivity index (χ0) is 21.1. The van der Waals surface area contributed by atoms with Crippen molar-refractivity contribution in [2.75, 3.05) is 21.3 Å². The van der Waals surface area contributed by atoms with Gasteiger partial charge in [-0.1, -0.05) is 30.3 Å². The molecule has 0 radical (unpaired) electrons. The molecule has 3 atom stereocenters. The molecule has 0 aromatic heterocycles. The molecule has 160 valence electrons. The third-order valence-corrected chi connectivity index (χ3v) is 6.38. The van der Waals surface area contributed by atoms with E-state index in [1.54, 1.807) is 26.4 Å². The lowest BCUT2D eigenvalue weighted by atomic mass is 9.96. The number of rotatable bonds is 7. The van der Waals surface area contributed by atoms with E-state index in [9.17, 15) is 4.79 Å². The van der Waals surface area contributed by atoms with Gasteiger partial charge in [-0.3, -0.25) is 9.69 Å². The van der Waals surface area contributed by atoms with Crippen LogP contribution in [0.3, 0.4) is 0 Å². The third-order valence-electron chi connectivity index (χ3n) is 6.38. The first-order valence-electron chi connectivity index (χ1n) is 10.5. The maximum Gasteiger partial charge on any atom is 0.255 e. The summed E-state index contributed by atoms with van der Waals surface area (Å²) in [4.78, 5) is 15.7. The normalized spacial score (nSPS) is 23.1. The molecule has 2 bridgehead atoms. The fourth-order valence-electron chi connectivity index (χ4n) is 4.99. The molecule has 1 amide bonds. The molecule has 6 nitrogen and oxygen atoms in total. The van der Waals surface area contributed by atoms with Crippen LogP contribution < -0.4 is 19.5 Å². The Morgan fingerprint density at radius 3 is 2.20 bits per heavy atom. The van der Waals surface area contributed by atoms with Crippen molar-refractivity contribution in [2.24, 2.45) is 0 Å². The molecule has 2 aliphatic heterocycles. The van der Waals surface area contributed by atoms with Crippen molar-refractivity contribution in [1.82, 2.24) is 10.2 Å². The number of piperidine rings is 1. The summed E-state index contributed by atoms with van der Waals surface area (Å²) in [5, 5.41) is 3.24. The quantitative estimate of drug-likeness (QED) is 0.755. The second-order valence-electron chi connectivity index (χ2n) is 8.07. The summed E-state index contributed by atoms with van der Waals surface area (Å²) in [5.74, 6) is 1.25. The molecule has 1 N–H and O–H groups in total. The number of carbonyl (C=O) groups excluding carboxylic acids is 1. The molecule has 0 spiro atoms. The van der Waals surface area contributed by atoms with Gasteiger partial charge in [0, 0.05) is 24.7 Å². The number of hydrogen-bond acceptors (Lipinski definition) is 5. The van der Waals surface area contributed by atoms with Gasteiger partial charge in [0.2, 0.25) is 5.75 Å². The number of fused-ring (bicyclic) bond motifs is 2. The predicted molar refractivity (Wildman–Crippen MR) is 115 cm³/mol. The van der Waals surface area contributed by atoms with E-state index in [0.717, 1.165) is 19.4 Å². The minimum Gasteiger partial charge on any atom is -0.493 e. The molecule has 6 heteroatoms. The lowest BCUT2D eigenvalue weighted by Crippen LogP contribution is -2.50. The van der Waals surface area contributed by atoms with Gasteiger partial charge in [-0.05, 0) is 43.4 Å². The van der Waals surface area contributed by atoms with Crippen LogP contribution in [0.4, 0.5) is 0 Å². The minimum atomic E-state index is -0.131. The van der Waals surface area contributed by atoms with E-state index in [-0.39, 0.29) is 11.9 Å². The van der Waals surface area contributed by atoms with E-state index in [1.165, 1.54) is 25.5 Å². The summed E-state index contributed by atoms with van der Waals surface area (Å²) < 4.78 is 16.2. The number of methoxy groups -OCH3 is 3. The van der Waals surface area contributed by atoms with E-state index < -0.39 is 0 Å². The molecule has 2 aromatic carbocycles. The molecule has 30 heavy (non-hydrogen) atoms. The van der Waals surface area contributed by atoms with Gasteiger partial charge in [0.15, 0.2) is 11.5 Å². The molecule has 2 heterocycles. The second kappa shape index (κ2) is 8.96. The first-order chi connectivity index (χ1) is 14.6. The number of benzene rings is 2. The van der Waals surface area contributed by atoms with E-state index in [2.05, 4.69) is 40.5 Å². The topological polar surface area (TPSA) is 60.0 Å². The van der Waals surface area contributed by atoms with Gasteiger partial charge in [-0.2, -0.15) is 0 Å². The monoisotopic (exact) mass is 410 g/mol. The summed E-state index contributed by atoms with van der Waals surface area (Å²) in [6.07, 6.45) is 4.35. The van der Waals surface area contributed by atoms with Crippen molar-refractivity contribution in [3.8, 4) is 17.2 Å². The van der Waals surface area contributed by atoms with Crippen molar-refractivity contribution < 1.29 is 19.0 Å². The lowest BCUT2D eigenvalue weighted by Gasteiger charge is -2.39. The summed E-state index contributed by atoms with van der Waals surface area (Å²) >= 11 is 0. The van der Waals surface area contributed by atoms with Gasteiger partial charge in [0.1, 0.15) is 0 Å². The molecule has 4 rings (SSSR count). The Morgan fingerprint density at radius 2 is 1.60 bits per heavy atom. The average molecular weight is 411 g/mol. The number of ether oxygens (including phenoxy) is 3. The average Bonchev–Trinajstić information content (AvgIpc) is 3.00. The van der Waals surface area contributed by atoms with E-state index in [0.29, 0.717) is 34.9 Å². The van der Waals surface area contributed by atoms with Crippen molar-refractivity contribution in [1.29, 1.82) is 0 Å². The maximum atomic E-state index is 13.1. The van der Waals surface area contributed by atoms with Gasteiger partial charge in [-0.15, -0.1) is 0 Å². The summed E-state index contributed by atoms with van der Waals surface area (Å²) in [6, 6.07) is 15.3. The SMILES string of the molecule is COc1ccc(C(=O)NC2C[C@H]3CC[C@@H](C2)N3Cc2ccccc2)c(OC)c1OC. The molecule has 2 aliphatic rings. The van der Waals surface area contributed by atoms with Crippen LogP contribution in [-0.4, -0.2) is 50.3 Å². The summed E-state index contributed by atoms with van der Waals surface area (Å²) in [5.41, 5.74) is 1.82. The number of nitrogens with zero attached hydrogens (tertiary/aromatic N) is 1. The number of nitrogens with one attached hydrogen (secondary N) is 1. The number of amides is 1. The highest BCUT2D eigenvalue weighted by Gasteiger charge is 2.41. The first kappa shape index (κ1) is 20.5. The molecular weight excluding hydrogens is 380 g/mol. The Labute approximate surface area is 178 Å². The van der Waals surface area contributed by atoms with Crippen molar-refractivity contribution in [3.63, 3.8) is 0 Å². The van der Waals surface area contributed by atoms with Crippen LogP contribution in [0.5, 0.6) is 17.2 Å². The number of hydrogen-bond donors (Lipinski definition) is 1. The van der Waals surface area contributed by atoms with Gasteiger partial charge < -0.3 is 19.5 Å². The first-order valence-corrected chi connectivity index (χ1v) is 10.5. The molecule has 2 saturated heterocycles. The molecular formula is C24H30N2O4. The van der Waals surface area contributed by atoms with Crippen LogP contribution >= 0.6 is 0 Å². The van der Waals surface area contributed by atoms with Crippen molar-refractivity contribution >= 4 is 5.91 Å². The highest BCUT2D eigenvalue weighted by atomic mass is 16.5. The van der Waals surface area contributed by atoms with Gasteiger partial charge >= 0.3 is 0 Å². The van der Waals surface area contributed by atoms with Gasteiger partial charge in [-0.25, -0.2) is 0 Å². The fraction of sp³-hybridized carbons (Fsp3) is 0.458. The van der Waals surface area contributed by atoms with Gasteiger partial charge in [0.05, 0.1) is 26.9 Å².